The third-order valence-electron chi connectivity index (χ3n) is 1.39. The fourth-order valence-electron chi connectivity index (χ4n) is 0.873. The molecule has 14 heavy (non-hydrogen) atoms. The predicted molar refractivity (Wildman–Crippen MR) is 62.3 cm³/mol. The highest BCUT2D eigenvalue weighted by Gasteiger charge is 2.06. The van der Waals surface area contributed by atoms with Gasteiger partial charge < -0.3 is 0 Å². The summed E-state index contributed by atoms with van der Waals surface area (Å²) in [7, 11) is -3.29. The molecular formula is C8H7IN2O2S. The van der Waals surface area contributed by atoms with E-state index in [4.69, 9.17) is 5.26 Å². The highest BCUT2D eigenvalue weighted by molar-refractivity contribution is 14.1. The fourth-order valence-corrected chi connectivity index (χ4v) is 2.09. The van der Waals surface area contributed by atoms with Crippen molar-refractivity contribution in [3.05, 3.63) is 27.3 Å². The molecule has 0 aromatic heterocycles. The molecule has 0 aliphatic heterocycles. The summed E-state index contributed by atoms with van der Waals surface area (Å²) in [5.41, 5.74) is 0.865. The molecule has 74 valence electrons. The summed E-state index contributed by atoms with van der Waals surface area (Å²) in [6.07, 6.45) is 1.07. The second kappa shape index (κ2) is 4.14. The van der Waals surface area contributed by atoms with Gasteiger partial charge in [-0.1, -0.05) is 0 Å². The van der Waals surface area contributed by atoms with Gasteiger partial charge in [0.15, 0.2) is 0 Å². The largest absolute Gasteiger partial charge is 0.283 e. The molecule has 0 amide bonds. The van der Waals surface area contributed by atoms with E-state index in [2.05, 4.69) is 4.72 Å². The van der Waals surface area contributed by atoms with Gasteiger partial charge >= 0.3 is 0 Å². The van der Waals surface area contributed by atoms with Crippen LogP contribution < -0.4 is 4.72 Å². The van der Waals surface area contributed by atoms with Gasteiger partial charge in [-0.05, 0) is 40.8 Å². The van der Waals surface area contributed by atoms with E-state index in [1.54, 1.807) is 12.1 Å². The van der Waals surface area contributed by atoms with E-state index in [0.29, 0.717) is 11.3 Å². The maximum atomic E-state index is 11.0. The SMILES string of the molecule is CS(=O)(=O)Nc1cc(C#N)ccc1I. The Labute approximate surface area is 96.1 Å². The van der Waals surface area contributed by atoms with E-state index >= 15 is 0 Å². The van der Waals surface area contributed by atoms with Crippen molar-refractivity contribution in [1.29, 1.82) is 5.26 Å². The number of hydrogen-bond acceptors (Lipinski definition) is 3. The smallest absolute Gasteiger partial charge is 0.229 e. The molecule has 0 saturated heterocycles. The number of rotatable bonds is 2. The molecule has 0 atom stereocenters. The lowest BCUT2D eigenvalue weighted by atomic mass is 10.2. The Kier molecular flexibility index (Phi) is 3.34. The van der Waals surface area contributed by atoms with Crippen LogP contribution in [0.1, 0.15) is 5.56 Å². The third kappa shape index (κ3) is 3.16. The second-order valence-electron chi connectivity index (χ2n) is 2.68. The van der Waals surface area contributed by atoms with Crippen molar-refractivity contribution in [2.24, 2.45) is 0 Å². The van der Waals surface area contributed by atoms with Crippen molar-refractivity contribution >= 4 is 38.3 Å². The molecule has 0 heterocycles. The van der Waals surface area contributed by atoms with Crippen LogP contribution in [0.15, 0.2) is 18.2 Å². The number of anilines is 1. The summed E-state index contributed by atoms with van der Waals surface area (Å²) in [5, 5.41) is 8.62. The van der Waals surface area contributed by atoms with E-state index in [0.717, 1.165) is 9.83 Å². The van der Waals surface area contributed by atoms with E-state index < -0.39 is 10.0 Å². The highest BCUT2D eigenvalue weighted by atomic mass is 127. The van der Waals surface area contributed by atoms with E-state index in [9.17, 15) is 8.42 Å². The molecule has 0 saturated carbocycles. The maximum Gasteiger partial charge on any atom is 0.229 e. The number of nitrogens with one attached hydrogen (secondary N) is 1. The standard InChI is InChI=1S/C8H7IN2O2S/c1-14(12,13)11-8-4-6(5-10)2-3-7(8)9/h2-4,11H,1H3. The Hall–Kier alpha value is -0.810. The van der Waals surface area contributed by atoms with Crippen molar-refractivity contribution in [1.82, 2.24) is 0 Å². The number of halogens is 1. The van der Waals surface area contributed by atoms with E-state index in [1.165, 1.54) is 6.07 Å². The molecule has 0 spiro atoms. The second-order valence-corrected chi connectivity index (χ2v) is 5.59. The minimum atomic E-state index is -3.29. The van der Waals surface area contributed by atoms with Crippen LogP contribution in [-0.4, -0.2) is 14.7 Å². The van der Waals surface area contributed by atoms with Gasteiger partial charge in [0.2, 0.25) is 10.0 Å². The highest BCUT2D eigenvalue weighted by Crippen LogP contribution is 2.20. The molecule has 0 radical (unpaired) electrons. The molecule has 0 aliphatic rings. The van der Waals surface area contributed by atoms with Crippen molar-refractivity contribution in [3.63, 3.8) is 0 Å². The molecule has 1 aromatic carbocycles. The van der Waals surface area contributed by atoms with Crippen LogP contribution in [0.2, 0.25) is 0 Å². The van der Waals surface area contributed by atoms with Crippen LogP contribution in [0.3, 0.4) is 0 Å². The van der Waals surface area contributed by atoms with E-state index in [1.807, 2.05) is 28.7 Å². The molecule has 6 heteroatoms. The van der Waals surface area contributed by atoms with Gasteiger partial charge in [0.1, 0.15) is 0 Å². The first-order valence-corrected chi connectivity index (χ1v) is 6.57. The molecule has 0 unspecified atom stereocenters. The summed E-state index contributed by atoms with van der Waals surface area (Å²) in [4.78, 5) is 0. The zero-order valence-corrected chi connectivity index (χ0v) is 10.3. The Bertz CT molecular complexity index is 491. The first-order valence-electron chi connectivity index (χ1n) is 3.60. The summed E-state index contributed by atoms with van der Waals surface area (Å²) in [6.45, 7) is 0. The Morgan fingerprint density at radius 3 is 2.64 bits per heavy atom. The zero-order valence-electron chi connectivity index (χ0n) is 7.28. The molecule has 0 bridgehead atoms. The summed E-state index contributed by atoms with van der Waals surface area (Å²) < 4.78 is 25.0. The Morgan fingerprint density at radius 1 is 1.50 bits per heavy atom. The molecular weight excluding hydrogens is 315 g/mol. The average molecular weight is 322 g/mol. The van der Waals surface area contributed by atoms with Gasteiger partial charge in [0.25, 0.3) is 0 Å². The summed E-state index contributed by atoms with van der Waals surface area (Å²) in [6, 6.07) is 6.77. The van der Waals surface area contributed by atoms with Gasteiger partial charge in [-0.3, -0.25) is 4.72 Å². The summed E-state index contributed by atoms with van der Waals surface area (Å²) >= 11 is 2.00. The van der Waals surface area contributed by atoms with Crippen molar-refractivity contribution < 1.29 is 8.42 Å². The normalized spacial score (nSPS) is 10.6. The van der Waals surface area contributed by atoms with E-state index in [-0.39, 0.29) is 0 Å². The molecule has 4 nitrogen and oxygen atoms in total. The number of benzene rings is 1. The monoisotopic (exact) mass is 322 g/mol. The lowest BCUT2D eigenvalue weighted by Gasteiger charge is -2.05. The molecule has 0 aliphatic carbocycles. The third-order valence-corrected chi connectivity index (χ3v) is 2.92. The van der Waals surface area contributed by atoms with Gasteiger partial charge in [-0.2, -0.15) is 5.26 Å². The fraction of sp³-hybridized carbons (Fsp3) is 0.125. The summed E-state index contributed by atoms with van der Waals surface area (Å²) in [5.74, 6) is 0. The lowest BCUT2D eigenvalue weighted by molar-refractivity contribution is 0.607. The van der Waals surface area contributed by atoms with Gasteiger partial charge in [0.05, 0.1) is 23.6 Å². The van der Waals surface area contributed by atoms with Gasteiger partial charge in [0, 0.05) is 3.57 Å². The number of sulfonamides is 1. The zero-order chi connectivity index (χ0) is 10.8. The molecule has 1 N–H and O–H groups in total. The molecule has 1 aromatic rings. The average Bonchev–Trinajstić information content (AvgIpc) is 2.06. The topological polar surface area (TPSA) is 70.0 Å². The van der Waals surface area contributed by atoms with Crippen LogP contribution in [0, 0.1) is 14.9 Å². The quantitative estimate of drug-likeness (QED) is 0.840. The van der Waals surface area contributed by atoms with Gasteiger partial charge in [-0.15, -0.1) is 0 Å². The first kappa shape index (κ1) is 11.3. The number of nitrogens with zero attached hydrogens (tertiary/aromatic N) is 1. The predicted octanol–water partition coefficient (Wildman–Crippen LogP) is 1.53. The van der Waals surface area contributed by atoms with Crippen molar-refractivity contribution in [3.8, 4) is 6.07 Å². The number of hydrogen-bond donors (Lipinski definition) is 1. The Balaban J connectivity index is 3.15. The Morgan fingerprint density at radius 2 is 2.14 bits per heavy atom. The number of nitriles is 1. The van der Waals surface area contributed by atoms with Crippen LogP contribution in [-0.2, 0) is 10.0 Å². The first-order chi connectivity index (χ1) is 6.42. The van der Waals surface area contributed by atoms with Crippen molar-refractivity contribution in [2.75, 3.05) is 11.0 Å². The maximum absolute atomic E-state index is 11.0. The van der Waals surface area contributed by atoms with Crippen LogP contribution >= 0.6 is 22.6 Å². The van der Waals surface area contributed by atoms with Gasteiger partial charge in [-0.25, -0.2) is 8.42 Å². The van der Waals surface area contributed by atoms with Crippen LogP contribution in [0.5, 0.6) is 0 Å². The lowest BCUT2D eigenvalue weighted by Crippen LogP contribution is -2.10. The van der Waals surface area contributed by atoms with Crippen LogP contribution in [0.4, 0.5) is 5.69 Å². The molecule has 1 rings (SSSR count). The minimum Gasteiger partial charge on any atom is -0.283 e. The van der Waals surface area contributed by atoms with Crippen molar-refractivity contribution in [2.45, 2.75) is 0 Å². The van der Waals surface area contributed by atoms with Crippen LogP contribution in [0.25, 0.3) is 0 Å². The minimum absolute atomic E-state index is 0.427. The molecule has 0 fully saturated rings.